The first-order valence-electron chi connectivity index (χ1n) is 8.78. The number of anilines is 1. The van der Waals surface area contributed by atoms with Gasteiger partial charge in [-0.25, -0.2) is 4.68 Å². The first kappa shape index (κ1) is 17.9. The standard InChI is InChI=1S/C20H23N3O3/c1-14-20(15(2)23(22-14)17-10-4-3-5-11-17)21-18(24)13-26-19(25)12-16-8-6-7-9-16/h3-6,8,10-11,16H,7,9,12-13H2,1-2H3,(H,21,24)/t16-/m1/s1. The number of aromatic nitrogens is 2. The Balaban J connectivity index is 1.58. The Labute approximate surface area is 152 Å². The van der Waals surface area contributed by atoms with Gasteiger partial charge in [-0.05, 0) is 44.7 Å². The highest BCUT2D eigenvalue weighted by molar-refractivity contribution is 5.93. The highest BCUT2D eigenvalue weighted by Gasteiger charge is 2.18. The largest absolute Gasteiger partial charge is 0.456 e. The summed E-state index contributed by atoms with van der Waals surface area (Å²) in [7, 11) is 0. The molecule has 6 heteroatoms. The Kier molecular flexibility index (Phi) is 5.51. The Morgan fingerprint density at radius 3 is 2.73 bits per heavy atom. The van der Waals surface area contributed by atoms with Gasteiger partial charge in [0.1, 0.15) is 0 Å². The molecule has 1 N–H and O–H groups in total. The molecule has 1 heterocycles. The maximum absolute atomic E-state index is 12.2. The van der Waals surface area contributed by atoms with Crippen LogP contribution in [0.1, 0.15) is 30.7 Å². The Morgan fingerprint density at radius 1 is 1.27 bits per heavy atom. The molecule has 1 aromatic heterocycles. The molecule has 0 unspecified atom stereocenters. The second kappa shape index (κ2) is 7.99. The molecule has 1 aliphatic carbocycles. The molecule has 0 radical (unpaired) electrons. The van der Waals surface area contributed by atoms with Gasteiger partial charge in [0.2, 0.25) is 0 Å². The second-order valence-corrected chi connectivity index (χ2v) is 6.47. The van der Waals surface area contributed by atoms with Gasteiger partial charge < -0.3 is 10.1 Å². The fourth-order valence-corrected chi connectivity index (χ4v) is 3.10. The van der Waals surface area contributed by atoms with Gasteiger partial charge in [-0.2, -0.15) is 5.10 Å². The van der Waals surface area contributed by atoms with Crippen LogP contribution < -0.4 is 5.32 Å². The molecule has 26 heavy (non-hydrogen) atoms. The monoisotopic (exact) mass is 353 g/mol. The molecule has 0 spiro atoms. The van der Waals surface area contributed by atoms with Crippen molar-refractivity contribution in [1.82, 2.24) is 9.78 Å². The van der Waals surface area contributed by atoms with Gasteiger partial charge in [0.05, 0.1) is 29.2 Å². The van der Waals surface area contributed by atoms with Crippen molar-refractivity contribution < 1.29 is 14.3 Å². The van der Waals surface area contributed by atoms with Crippen LogP contribution in [0.4, 0.5) is 5.69 Å². The van der Waals surface area contributed by atoms with Gasteiger partial charge in [-0.15, -0.1) is 0 Å². The molecule has 3 rings (SSSR count). The summed E-state index contributed by atoms with van der Waals surface area (Å²) >= 11 is 0. The molecule has 1 atom stereocenters. The van der Waals surface area contributed by atoms with Gasteiger partial charge in [0.15, 0.2) is 6.61 Å². The molecule has 0 fully saturated rings. The third-order valence-corrected chi connectivity index (χ3v) is 4.46. The van der Waals surface area contributed by atoms with Crippen LogP contribution in [0.5, 0.6) is 0 Å². The highest BCUT2D eigenvalue weighted by atomic mass is 16.5. The minimum atomic E-state index is -0.362. The number of rotatable bonds is 6. The van der Waals surface area contributed by atoms with E-state index in [1.807, 2.05) is 50.3 Å². The fraction of sp³-hybridized carbons (Fsp3) is 0.350. The lowest BCUT2D eigenvalue weighted by Gasteiger charge is -2.09. The van der Waals surface area contributed by atoms with Gasteiger partial charge in [-0.1, -0.05) is 30.4 Å². The number of esters is 1. The minimum Gasteiger partial charge on any atom is -0.456 e. The van der Waals surface area contributed by atoms with Crippen molar-refractivity contribution in [2.75, 3.05) is 11.9 Å². The smallest absolute Gasteiger partial charge is 0.306 e. The zero-order chi connectivity index (χ0) is 18.5. The van der Waals surface area contributed by atoms with E-state index < -0.39 is 0 Å². The molecule has 1 aromatic carbocycles. The van der Waals surface area contributed by atoms with E-state index in [9.17, 15) is 9.59 Å². The number of hydrogen-bond donors (Lipinski definition) is 1. The molecule has 1 aliphatic rings. The lowest BCUT2D eigenvalue weighted by molar-refractivity contribution is -0.147. The van der Waals surface area contributed by atoms with Crippen molar-refractivity contribution in [3.8, 4) is 5.69 Å². The van der Waals surface area contributed by atoms with E-state index in [2.05, 4.69) is 16.5 Å². The minimum absolute atomic E-state index is 0.235. The van der Waals surface area contributed by atoms with Crippen molar-refractivity contribution in [2.45, 2.75) is 33.1 Å². The normalized spacial score (nSPS) is 15.8. The number of hydrogen-bond acceptors (Lipinski definition) is 4. The summed E-state index contributed by atoms with van der Waals surface area (Å²) < 4.78 is 6.88. The molecule has 2 aromatic rings. The summed E-state index contributed by atoms with van der Waals surface area (Å²) in [6, 6.07) is 9.70. The molecule has 0 bridgehead atoms. The summed E-state index contributed by atoms with van der Waals surface area (Å²) in [6.45, 7) is 3.44. The van der Waals surface area contributed by atoms with E-state index in [-0.39, 0.29) is 24.4 Å². The SMILES string of the molecule is Cc1nn(-c2ccccc2)c(C)c1NC(=O)COC(=O)C[C@@H]1C=CCC1. The van der Waals surface area contributed by atoms with Crippen LogP contribution in [0, 0.1) is 19.8 Å². The molecule has 6 nitrogen and oxygen atoms in total. The summed E-state index contributed by atoms with van der Waals surface area (Å²) in [5, 5.41) is 7.29. The van der Waals surface area contributed by atoms with E-state index in [0.29, 0.717) is 17.8 Å². The number of carbonyl (C=O) groups is 2. The lowest BCUT2D eigenvalue weighted by Crippen LogP contribution is -2.22. The molecule has 1 amide bonds. The number of ether oxygens (including phenoxy) is 1. The number of para-hydroxylation sites is 1. The van der Waals surface area contributed by atoms with Gasteiger partial charge in [0.25, 0.3) is 5.91 Å². The molecule has 0 saturated heterocycles. The summed E-state index contributed by atoms with van der Waals surface area (Å²) in [4.78, 5) is 24.0. The van der Waals surface area contributed by atoms with Crippen molar-refractivity contribution in [3.63, 3.8) is 0 Å². The third-order valence-electron chi connectivity index (χ3n) is 4.46. The zero-order valence-electron chi connectivity index (χ0n) is 15.1. The van der Waals surface area contributed by atoms with Crippen molar-refractivity contribution in [3.05, 3.63) is 53.9 Å². The predicted molar refractivity (Wildman–Crippen MR) is 99.1 cm³/mol. The quantitative estimate of drug-likeness (QED) is 0.639. The summed E-state index contributed by atoms with van der Waals surface area (Å²) in [5.41, 5.74) is 3.10. The average molecular weight is 353 g/mol. The van der Waals surface area contributed by atoms with Crippen LogP contribution in [0.15, 0.2) is 42.5 Å². The first-order valence-corrected chi connectivity index (χ1v) is 8.78. The molecular weight excluding hydrogens is 330 g/mol. The summed E-state index contributed by atoms with van der Waals surface area (Å²) in [6.07, 6.45) is 6.40. The van der Waals surface area contributed by atoms with Crippen molar-refractivity contribution in [2.24, 2.45) is 5.92 Å². The Hall–Kier alpha value is -2.89. The van der Waals surface area contributed by atoms with Crippen LogP contribution in [0.2, 0.25) is 0 Å². The second-order valence-electron chi connectivity index (χ2n) is 6.47. The number of nitrogens with zero attached hydrogens (tertiary/aromatic N) is 2. The highest BCUT2D eigenvalue weighted by Crippen LogP contribution is 2.23. The number of amides is 1. The van der Waals surface area contributed by atoms with Crippen LogP contribution >= 0.6 is 0 Å². The number of nitrogens with one attached hydrogen (secondary N) is 1. The molecule has 0 saturated carbocycles. The number of benzene rings is 1. The van der Waals surface area contributed by atoms with Crippen LogP contribution in [-0.2, 0) is 14.3 Å². The van der Waals surface area contributed by atoms with Crippen LogP contribution in [0.25, 0.3) is 5.69 Å². The zero-order valence-corrected chi connectivity index (χ0v) is 15.1. The predicted octanol–water partition coefficient (Wildman–Crippen LogP) is 3.33. The third kappa shape index (κ3) is 4.20. The fourth-order valence-electron chi connectivity index (χ4n) is 3.10. The van der Waals surface area contributed by atoms with E-state index in [1.54, 1.807) is 4.68 Å². The Morgan fingerprint density at radius 2 is 2.04 bits per heavy atom. The topological polar surface area (TPSA) is 73.2 Å². The van der Waals surface area contributed by atoms with Crippen LogP contribution in [0.3, 0.4) is 0 Å². The molecule has 0 aliphatic heterocycles. The van der Waals surface area contributed by atoms with Gasteiger partial charge in [-0.3, -0.25) is 9.59 Å². The maximum Gasteiger partial charge on any atom is 0.306 e. The first-order chi connectivity index (χ1) is 12.5. The van der Waals surface area contributed by atoms with E-state index in [0.717, 1.165) is 24.2 Å². The van der Waals surface area contributed by atoms with Crippen molar-refractivity contribution in [1.29, 1.82) is 0 Å². The number of aryl methyl sites for hydroxylation is 1. The van der Waals surface area contributed by atoms with Gasteiger partial charge >= 0.3 is 5.97 Å². The van der Waals surface area contributed by atoms with Gasteiger partial charge in [0, 0.05) is 0 Å². The van der Waals surface area contributed by atoms with E-state index in [4.69, 9.17) is 4.74 Å². The number of allylic oxidation sites excluding steroid dienone is 2. The maximum atomic E-state index is 12.2. The van der Waals surface area contributed by atoms with E-state index >= 15 is 0 Å². The summed E-state index contributed by atoms with van der Waals surface area (Å²) in [5.74, 6) is -0.469. The lowest BCUT2D eigenvalue weighted by atomic mass is 10.1. The average Bonchev–Trinajstić information content (AvgIpc) is 3.24. The Bertz CT molecular complexity index is 824. The molecular formula is C20H23N3O3. The molecule has 136 valence electrons. The van der Waals surface area contributed by atoms with E-state index in [1.165, 1.54) is 0 Å². The number of carbonyl (C=O) groups excluding carboxylic acids is 2. The van der Waals surface area contributed by atoms with Crippen molar-refractivity contribution >= 4 is 17.6 Å². The van der Waals surface area contributed by atoms with Crippen LogP contribution in [-0.4, -0.2) is 28.3 Å².